The van der Waals surface area contributed by atoms with Crippen LogP contribution in [0.25, 0.3) is 0 Å². The summed E-state index contributed by atoms with van der Waals surface area (Å²) in [5.41, 5.74) is 0.684. The van der Waals surface area contributed by atoms with Gasteiger partial charge in [0.15, 0.2) is 0 Å². The Morgan fingerprint density at radius 2 is 2.12 bits per heavy atom. The maximum absolute atomic E-state index is 10.8. The van der Waals surface area contributed by atoms with Crippen LogP contribution in [0.3, 0.4) is 0 Å². The van der Waals surface area contributed by atoms with Gasteiger partial charge in [-0.2, -0.15) is 0 Å². The van der Waals surface area contributed by atoms with E-state index in [-0.39, 0.29) is 18.4 Å². The lowest BCUT2D eigenvalue weighted by Crippen LogP contribution is -2.37. The van der Waals surface area contributed by atoms with Crippen LogP contribution >= 0.6 is 0 Å². The van der Waals surface area contributed by atoms with Crippen molar-refractivity contribution in [2.75, 3.05) is 0 Å². The summed E-state index contributed by atoms with van der Waals surface area (Å²) in [6.45, 7) is 1.93. The van der Waals surface area contributed by atoms with Crippen molar-refractivity contribution in [3.8, 4) is 5.75 Å². The summed E-state index contributed by atoms with van der Waals surface area (Å²) in [7, 11) is 0. The van der Waals surface area contributed by atoms with Crippen LogP contribution in [0, 0.1) is 5.92 Å². The highest BCUT2D eigenvalue weighted by Gasteiger charge is 2.37. The molecule has 0 spiro atoms. The van der Waals surface area contributed by atoms with E-state index in [2.05, 4.69) is 0 Å². The number of benzene rings is 1. The van der Waals surface area contributed by atoms with Crippen LogP contribution in [0.2, 0.25) is 0 Å². The summed E-state index contributed by atoms with van der Waals surface area (Å²) >= 11 is 0. The number of carbonyl (C=O) groups is 1. The smallest absolute Gasteiger partial charge is 0.303 e. The molecule has 3 atom stereocenters. The van der Waals surface area contributed by atoms with Crippen LogP contribution in [-0.4, -0.2) is 22.3 Å². The fourth-order valence-corrected chi connectivity index (χ4v) is 2.35. The molecule has 1 aromatic rings. The van der Waals surface area contributed by atoms with Crippen molar-refractivity contribution < 1.29 is 19.7 Å². The second kappa shape index (κ2) is 4.75. The summed E-state index contributed by atoms with van der Waals surface area (Å²) < 4.78 is 5.74. The second-order valence-electron chi connectivity index (χ2n) is 4.31. The minimum atomic E-state index is -0.907. The van der Waals surface area contributed by atoms with Gasteiger partial charge in [0.2, 0.25) is 0 Å². The highest BCUT2D eigenvalue weighted by atomic mass is 16.5. The van der Waals surface area contributed by atoms with E-state index in [0.29, 0.717) is 17.7 Å². The number of aliphatic hydroxyl groups excluding tert-OH is 1. The third-order valence-electron chi connectivity index (χ3n) is 3.21. The number of fused-ring (bicyclic) bond motifs is 1. The van der Waals surface area contributed by atoms with Gasteiger partial charge in [-0.3, -0.25) is 4.79 Å². The van der Waals surface area contributed by atoms with Gasteiger partial charge < -0.3 is 14.9 Å². The Labute approximate surface area is 99.8 Å². The fourth-order valence-electron chi connectivity index (χ4n) is 2.35. The zero-order chi connectivity index (χ0) is 12.4. The first-order valence-electron chi connectivity index (χ1n) is 5.79. The fraction of sp³-hybridized carbons (Fsp3) is 0.462. The largest absolute Gasteiger partial charge is 0.490 e. The molecule has 3 unspecified atom stereocenters. The third-order valence-corrected chi connectivity index (χ3v) is 3.21. The number of aliphatic carboxylic acids is 1. The summed E-state index contributed by atoms with van der Waals surface area (Å²) in [5, 5.41) is 19.1. The van der Waals surface area contributed by atoms with E-state index < -0.39 is 12.1 Å². The maximum atomic E-state index is 10.8. The molecule has 0 aromatic heterocycles. The molecule has 0 bridgehead atoms. The van der Waals surface area contributed by atoms with Gasteiger partial charge in [0.1, 0.15) is 11.9 Å². The summed E-state index contributed by atoms with van der Waals surface area (Å²) in [4.78, 5) is 10.8. The lowest BCUT2D eigenvalue weighted by atomic mass is 9.84. The van der Waals surface area contributed by atoms with Gasteiger partial charge in [0.25, 0.3) is 0 Å². The van der Waals surface area contributed by atoms with Gasteiger partial charge in [0.05, 0.1) is 12.5 Å². The normalized spacial score (nSPS) is 27.1. The van der Waals surface area contributed by atoms with Crippen LogP contribution in [0.5, 0.6) is 5.75 Å². The predicted molar refractivity (Wildman–Crippen MR) is 61.9 cm³/mol. The van der Waals surface area contributed by atoms with Crippen LogP contribution < -0.4 is 4.74 Å². The molecule has 17 heavy (non-hydrogen) atoms. The van der Waals surface area contributed by atoms with Crippen LogP contribution in [0.4, 0.5) is 0 Å². The molecule has 4 heteroatoms. The number of hydrogen-bond acceptors (Lipinski definition) is 3. The standard InChI is InChI=1S/C13H16O4/c1-2-10-9(7-12(14)15)13(16)8-5-3-4-6-11(8)17-10/h3-6,9-10,13,16H,2,7H2,1H3,(H,14,15). The van der Waals surface area contributed by atoms with Gasteiger partial charge in [-0.1, -0.05) is 25.1 Å². The number of carboxylic acid groups (broad SMARTS) is 1. The van der Waals surface area contributed by atoms with E-state index in [9.17, 15) is 9.90 Å². The molecule has 0 radical (unpaired) electrons. The number of aliphatic hydroxyl groups is 1. The van der Waals surface area contributed by atoms with E-state index in [0.717, 1.165) is 0 Å². The van der Waals surface area contributed by atoms with E-state index >= 15 is 0 Å². The highest BCUT2D eigenvalue weighted by molar-refractivity contribution is 5.67. The molecule has 1 aliphatic rings. The molecule has 2 N–H and O–H groups in total. The van der Waals surface area contributed by atoms with E-state index in [4.69, 9.17) is 9.84 Å². The Morgan fingerprint density at radius 3 is 2.76 bits per heavy atom. The third kappa shape index (κ3) is 2.26. The van der Waals surface area contributed by atoms with Gasteiger partial charge in [-0.05, 0) is 12.5 Å². The first-order valence-corrected chi connectivity index (χ1v) is 5.79. The van der Waals surface area contributed by atoms with E-state index in [1.807, 2.05) is 19.1 Å². The van der Waals surface area contributed by atoms with Crippen molar-refractivity contribution in [1.29, 1.82) is 0 Å². The van der Waals surface area contributed by atoms with Gasteiger partial charge in [-0.25, -0.2) is 0 Å². The van der Waals surface area contributed by atoms with Gasteiger partial charge in [-0.15, -0.1) is 0 Å². The number of carboxylic acids is 1. The molecule has 0 saturated carbocycles. The van der Waals surface area contributed by atoms with Gasteiger partial charge in [0, 0.05) is 11.5 Å². The Balaban J connectivity index is 2.32. The minimum Gasteiger partial charge on any atom is -0.490 e. The van der Waals surface area contributed by atoms with Crippen molar-refractivity contribution >= 4 is 5.97 Å². The molecule has 92 valence electrons. The maximum Gasteiger partial charge on any atom is 0.303 e. The second-order valence-corrected chi connectivity index (χ2v) is 4.31. The van der Waals surface area contributed by atoms with E-state index in [1.165, 1.54) is 0 Å². The zero-order valence-electron chi connectivity index (χ0n) is 9.67. The number of rotatable bonds is 3. The zero-order valence-corrected chi connectivity index (χ0v) is 9.67. The Kier molecular flexibility index (Phi) is 3.33. The Bertz CT molecular complexity index is 416. The van der Waals surface area contributed by atoms with Crippen molar-refractivity contribution in [3.63, 3.8) is 0 Å². The minimum absolute atomic E-state index is 0.0754. The first-order chi connectivity index (χ1) is 8.13. The molecular formula is C13H16O4. The quantitative estimate of drug-likeness (QED) is 0.842. The molecule has 2 rings (SSSR count). The topological polar surface area (TPSA) is 66.8 Å². The first kappa shape index (κ1) is 11.9. The summed E-state index contributed by atoms with van der Waals surface area (Å²) in [6, 6.07) is 7.24. The molecule has 0 aliphatic carbocycles. The lowest BCUT2D eigenvalue weighted by Gasteiger charge is -2.36. The van der Waals surface area contributed by atoms with Crippen molar-refractivity contribution in [3.05, 3.63) is 29.8 Å². The Morgan fingerprint density at radius 1 is 1.41 bits per heavy atom. The average molecular weight is 236 g/mol. The monoisotopic (exact) mass is 236 g/mol. The molecule has 1 aliphatic heterocycles. The number of ether oxygens (including phenoxy) is 1. The average Bonchev–Trinajstić information content (AvgIpc) is 2.32. The van der Waals surface area contributed by atoms with Crippen LogP contribution in [-0.2, 0) is 4.79 Å². The van der Waals surface area contributed by atoms with Crippen LogP contribution in [0.1, 0.15) is 31.4 Å². The van der Waals surface area contributed by atoms with Gasteiger partial charge >= 0.3 is 5.97 Å². The number of hydrogen-bond donors (Lipinski definition) is 2. The number of para-hydroxylation sites is 1. The lowest BCUT2D eigenvalue weighted by molar-refractivity contribution is -0.141. The molecule has 1 heterocycles. The molecule has 0 saturated heterocycles. The summed E-state index contributed by atoms with van der Waals surface area (Å²) in [6.07, 6.45) is -0.394. The molecule has 4 nitrogen and oxygen atoms in total. The SMILES string of the molecule is CCC1Oc2ccccc2C(O)C1CC(=O)O. The van der Waals surface area contributed by atoms with Crippen molar-refractivity contribution in [1.82, 2.24) is 0 Å². The molecule has 0 amide bonds. The van der Waals surface area contributed by atoms with E-state index in [1.54, 1.807) is 12.1 Å². The molecule has 0 fully saturated rings. The van der Waals surface area contributed by atoms with Crippen LogP contribution in [0.15, 0.2) is 24.3 Å². The summed E-state index contributed by atoms with van der Waals surface area (Å²) in [5.74, 6) is -0.628. The highest BCUT2D eigenvalue weighted by Crippen LogP contribution is 2.40. The van der Waals surface area contributed by atoms with Crippen molar-refractivity contribution in [2.24, 2.45) is 5.92 Å². The van der Waals surface area contributed by atoms with Crippen molar-refractivity contribution in [2.45, 2.75) is 32.0 Å². The molecular weight excluding hydrogens is 220 g/mol. The Hall–Kier alpha value is -1.55. The molecule has 1 aromatic carbocycles. The predicted octanol–water partition coefficient (Wildman–Crippen LogP) is 1.98.